The fraction of sp³-hybridized carbons (Fsp3) is 0.550. The normalized spacial score (nSPS) is 28.4. The van der Waals surface area contributed by atoms with Gasteiger partial charge in [0.15, 0.2) is 0 Å². The summed E-state index contributed by atoms with van der Waals surface area (Å²) in [6.45, 7) is 9.43. The Kier molecular flexibility index (Phi) is 5.04. The van der Waals surface area contributed by atoms with Gasteiger partial charge in [-0.15, -0.1) is 0 Å². The monoisotopic (exact) mass is 449 g/mol. The SMILES string of the molecule is Cc1cc(Br)cc(C)c1N1C=C2C(=O)NC(N3CCC(C(C)(C)O)C3)NC2N1. The number of nitrogens with zero attached hydrogens (tertiary/aromatic N) is 2. The van der Waals surface area contributed by atoms with Gasteiger partial charge in [-0.3, -0.25) is 20.0 Å². The molecule has 3 heterocycles. The van der Waals surface area contributed by atoms with E-state index in [1.54, 1.807) is 0 Å². The second-order valence-electron chi connectivity index (χ2n) is 8.58. The minimum Gasteiger partial charge on any atom is -0.390 e. The van der Waals surface area contributed by atoms with Crippen molar-refractivity contribution < 1.29 is 9.90 Å². The number of benzene rings is 1. The number of hydrogen-bond acceptors (Lipinski definition) is 6. The van der Waals surface area contributed by atoms with Gasteiger partial charge in [0.2, 0.25) is 0 Å². The molecule has 3 aliphatic rings. The van der Waals surface area contributed by atoms with Crippen LogP contribution in [0, 0.1) is 19.8 Å². The molecule has 7 nitrogen and oxygen atoms in total. The molecule has 2 saturated heterocycles. The van der Waals surface area contributed by atoms with Gasteiger partial charge >= 0.3 is 0 Å². The maximum atomic E-state index is 12.8. The number of aryl methyl sites for hydroxylation is 2. The van der Waals surface area contributed by atoms with Crippen LogP contribution in [-0.4, -0.2) is 47.1 Å². The third-order valence-electron chi connectivity index (χ3n) is 5.98. The Balaban J connectivity index is 1.50. The Bertz CT molecular complexity index is 811. The van der Waals surface area contributed by atoms with E-state index in [2.05, 4.69) is 62.9 Å². The summed E-state index contributed by atoms with van der Waals surface area (Å²) in [5.74, 6) is 0.132. The first kappa shape index (κ1) is 19.8. The molecular weight excluding hydrogens is 422 g/mol. The summed E-state index contributed by atoms with van der Waals surface area (Å²) in [6, 6.07) is 4.14. The van der Waals surface area contributed by atoms with Crippen LogP contribution < -0.4 is 21.1 Å². The number of likely N-dealkylation sites (tertiary alicyclic amines) is 1. The lowest BCUT2D eigenvalue weighted by molar-refractivity contribution is -0.122. The van der Waals surface area contributed by atoms with E-state index in [0.717, 1.165) is 40.8 Å². The largest absolute Gasteiger partial charge is 0.390 e. The van der Waals surface area contributed by atoms with Crippen molar-refractivity contribution >= 4 is 27.5 Å². The molecule has 2 fully saturated rings. The van der Waals surface area contributed by atoms with Gasteiger partial charge in [0.25, 0.3) is 5.91 Å². The highest BCUT2D eigenvalue weighted by atomic mass is 79.9. The second-order valence-corrected chi connectivity index (χ2v) is 9.50. The van der Waals surface area contributed by atoms with E-state index in [1.807, 2.05) is 25.1 Å². The Hall–Kier alpha value is -1.45. The summed E-state index contributed by atoms with van der Waals surface area (Å²) >= 11 is 3.54. The summed E-state index contributed by atoms with van der Waals surface area (Å²) in [7, 11) is 0. The number of aliphatic hydroxyl groups is 1. The third-order valence-corrected chi connectivity index (χ3v) is 6.44. The molecule has 3 aliphatic heterocycles. The van der Waals surface area contributed by atoms with Crippen LogP contribution >= 0.6 is 15.9 Å². The van der Waals surface area contributed by atoms with Gasteiger partial charge in [0.05, 0.1) is 16.9 Å². The van der Waals surface area contributed by atoms with Crippen molar-refractivity contribution in [3.63, 3.8) is 0 Å². The molecule has 0 radical (unpaired) electrons. The first-order chi connectivity index (χ1) is 13.1. The number of carbonyl (C=O) groups is 1. The second kappa shape index (κ2) is 7.11. The van der Waals surface area contributed by atoms with Gasteiger partial charge in [-0.1, -0.05) is 15.9 Å². The Labute approximate surface area is 174 Å². The zero-order chi connectivity index (χ0) is 20.2. The fourth-order valence-corrected chi connectivity index (χ4v) is 5.08. The highest BCUT2D eigenvalue weighted by Gasteiger charge is 2.42. The summed E-state index contributed by atoms with van der Waals surface area (Å²) in [6.07, 6.45) is 2.29. The standard InChI is InChI=1S/C20H28BrN5O2/c1-11-7-14(21)8-12(2)16(11)26-10-15-17(24-26)22-19(23-18(15)27)25-6-5-13(9-25)20(3,4)28/h7-8,10,13,17,19,22,24,28H,5-6,9H2,1-4H3,(H,23,27). The van der Waals surface area contributed by atoms with E-state index in [9.17, 15) is 9.90 Å². The van der Waals surface area contributed by atoms with Crippen molar-refractivity contribution in [3.05, 3.63) is 39.5 Å². The van der Waals surface area contributed by atoms with Crippen LogP contribution in [0.5, 0.6) is 0 Å². The lowest BCUT2D eigenvalue weighted by atomic mass is 9.90. The maximum absolute atomic E-state index is 12.8. The minimum absolute atomic E-state index is 0.0668. The number of nitrogens with one attached hydrogen (secondary N) is 3. The Morgan fingerprint density at radius 2 is 1.93 bits per heavy atom. The van der Waals surface area contributed by atoms with E-state index >= 15 is 0 Å². The molecule has 0 aliphatic carbocycles. The predicted octanol–water partition coefficient (Wildman–Crippen LogP) is 1.70. The lowest BCUT2D eigenvalue weighted by Gasteiger charge is -2.37. The lowest BCUT2D eigenvalue weighted by Crippen LogP contribution is -2.66. The van der Waals surface area contributed by atoms with E-state index in [0.29, 0.717) is 5.57 Å². The van der Waals surface area contributed by atoms with Crippen molar-refractivity contribution in [3.8, 4) is 0 Å². The van der Waals surface area contributed by atoms with Gasteiger partial charge < -0.3 is 10.4 Å². The summed E-state index contributed by atoms with van der Waals surface area (Å²) < 4.78 is 1.04. The average Bonchev–Trinajstić information content (AvgIpc) is 3.20. The number of carbonyl (C=O) groups excluding carboxylic acids is 1. The number of halogens is 1. The molecule has 1 aromatic carbocycles. The van der Waals surface area contributed by atoms with Gasteiger partial charge in [0, 0.05) is 29.7 Å². The molecule has 0 bridgehead atoms. The zero-order valence-electron chi connectivity index (χ0n) is 16.7. The number of anilines is 1. The highest BCUT2D eigenvalue weighted by Crippen LogP contribution is 2.32. The number of rotatable bonds is 3. The third kappa shape index (κ3) is 3.59. The zero-order valence-corrected chi connectivity index (χ0v) is 18.3. The molecule has 28 heavy (non-hydrogen) atoms. The molecule has 0 spiro atoms. The molecule has 1 aromatic rings. The molecule has 152 valence electrons. The van der Waals surface area contributed by atoms with Crippen LogP contribution in [-0.2, 0) is 4.79 Å². The molecule has 0 aromatic heterocycles. The van der Waals surface area contributed by atoms with Gasteiger partial charge in [-0.2, -0.15) is 0 Å². The highest BCUT2D eigenvalue weighted by molar-refractivity contribution is 9.10. The predicted molar refractivity (Wildman–Crippen MR) is 112 cm³/mol. The van der Waals surface area contributed by atoms with E-state index < -0.39 is 5.60 Å². The maximum Gasteiger partial charge on any atom is 0.254 e. The Morgan fingerprint density at radius 1 is 1.25 bits per heavy atom. The van der Waals surface area contributed by atoms with Crippen molar-refractivity contribution in [2.45, 2.75) is 52.2 Å². The number of amides is 1. The van der Waals surface area contributed by atoms with Crippen molar-refractivity contribution in [1.29, 1.82) is 0 Å². The van der Waals surface area contributed by atoms with E-state index in [1.165, 1.54) is 0 Å². The number of hydrogen-bond donors (Lipinski definition) is 4. The molecule has 4 rings (SSSR count). The molecule has 8 heteroatoms. The fourth-order valence-electron chi connectivity index (χ4n) is 4.39. The van der Waals surface area contributed by atoms with Crippen LogP contribution in [0.25, 0.3) is 0 Å². The quantitative estimate of drug-likeness (QED) is 0.562. The topological polar surface area (TPSA) is 79.9 Å². The Morgan fingerprint density at radius 3 is 2.54 bits per heavy atom. The van der Waals surface area contributed by atoms with Gasteiger partial charge in [-0.05, 0) is 57.4 Å². The van der Waals surface area contributed by atoms with Gasteiger partial charge in [0.1, 0.15) is 12.5 Å². The van der Waals surface area contributed by atoms with Crippen LogP contribution in [0.15, 0.2) is 28.4 Å². The summed E-state index contributed by atoms with van der Waals surface area (Å²) in [5, 5.41) is 18.8. The number of hydrazine groups is 1. The molecular formula is C20H28BrN5O2. The smallest absolute Gasteiger partial charge is 0.254 e. The molecule has 3 atom stereocenters. The van der Waals surface area contributed by atoms with E-state index in [-0.39, 0.29) is 24.3 Å². The molecule has 0 saturated carbocycles. The summed E-state index contributed by atoms with van der Waals surface area (Å²) in [5.41, 5.74) is 6.68. The average molecular weight is 450 g/mol. The van der Waals surface area contributed by atoms with Crippen molar-refractivity contribution in [2.24, 2.45) is 5.92 Å². The van der Waals surface area contributed by atoms with Crippen molar-refractivity contribution in [2.75, 3.05) is 18.1 Å². The van der Waals surface area contributed by atoms with Crippen LogP contribution in [0.2, 0.25) is 0 Å². The molecule has 4 N–H and O–H groups in total. The van der Waals surface area contributed by atoms with Gasteiger partial charge in [-0.25, -0.2) is 5.43 Å². The first-order valence-corrected chi connectivity index (χ1v) is 10.5. The van der Waals surface area contributed by atoms with E-state index in [4.69, 9.17) is 0 Å². The van der Waals surface area contributed by atoms with Crippen LogP contribution in [0.4, 0.5) is 5.69 Å². The first-order valence-electron chi connectivity index (χ1n) is 9.70. The van der Waals surface area contributed by atoms with Crippen molar-refractivity contribution in [1.82, 2.24) is 21.0 Å². The molecule has 3 unspecified atom stereocenters. The van der Waals surface area contributed by atoms with Crippen LogP contribution in [0.3, 0.4) is 0 Å². The van der Waals surface area contributed by atoms with Crippen LogP contribution in [0.1, 0.15) is 31.4 Å². The number of fused-ring (bicyclic) bond motifs is 1. The minimum atomic E-state index is -0.711. The summed E-state index contributed by atoms with van der Waals surface area (Å²) in [4.78, 5) is 14.9. The molecule has 1 amide bonds.